The van der Waals surface area contributed by atoms with Gasteiger partial charge in [-0.2, -0.15) is 5.10 Å². The Balaban J connectivity index is 1.73. The number of aromatic hydroxyl groups is 1. The zero-order valence-corrected chi connectivity index (χ0v) is 19.2. The standard InChI is InChI=1S/C22H19Cl2N3O4S/c1-32(30,31)27(19-7-4-6-18(23)21(19)24)14-15-9-11-16(12-10-15)22(29)26-25-13-17-5-2-3-8-20(17)28/h2-13,28H,14H2,1H3,(H,26,29)/b25-13-. The van der Waals surface area contributed by atoms with Crippen molar-refractivity contribution < 1.29 is 18.3 Å². The number of carbonyl (C=O) groups is 1. The lowest BCUT2D eigenvalue weighted by molar-refractivity contribution is 0.0955. The predicted molar refractivity (Wildman–Crippen MR) is 127 cm³/mol. The number of sulfonamides is 1. The number of phenols is 1. The summed E-state index contributed by atoms with van der Waals surface area (Å²) >= 11 is 12.2. The SMILES string of the molecule is CS(=O)(=O)N(Cc1ccc(C(=O)N/N=C\c2ccccc2O)cc1)c1cccc(Cl)c1Cl. The molecule has 0 saturated heterocycles. The van der Waals surface area contributed by atoms with Crippen molar-refractivity contribution in [3.05, 3.63) is 93.5 Å². The molecule has 0 radical (unpaired) electrons. The number of amides is 1. The van der Waals surface area contributed by atoms with Crippen LogP contribution in [0.15, 0.2) is 71.8 Å². The van der Waals surface area contributed by atoms with Crippen LogP contribution in [0, 0.1) is 0 Å². The summed E-state index contributed by atoms with van der Waals surface area (Å²) < 4.78 is 25.9. The van der Waals surface area contributed by atoms with E-state index in [1.165, 1.54) is 12.3 Å². The zero-order chi connectivity index (χ0) is 23.3. The molecule has 0 aliphatic rings. The molecule has 0 spiro atoms. The van der Waals surface area contributed by atoms with E-state index in [9.17, 15) is 18.3 Å². The van der Waals surface area contributed by atoms with Gasteiger partial charge in [0.2, 0.25) is 10.0 Å². The maximum atomic E-state index is 12.4. The van der Waals surface area contributed by atoms with Gasteiger partial charge in [-0.1, -0.05) is 53.5 Å². The Hall–Kier alpha value is -3.07. The number of rotatable bonds is 7. The van der Waals surface area contributed by atoms with Crippen LogP contribution in [0.1, 0.15) is 21.5 Å². The molecule has 0 saturated carbocycles. The highest BCUT2D eigenvalue weighted by atomic mass is 35.5. The van der Waals surface area contributed by atoms with Crippen LogP contribution >= 0.6 is 23.2 Å². The van der Waals surface area contributed by atoms with Gasteiger partial charge in [-0.25, -0.2) is 13.8 Å². The van der Waals surface area contributed by atoms with Crippen molar-refractivity contribution in [1.82, 2.24) is 5.43 Å². The van der Waals surface area contributed by atoms with Crippen molar-refractivity contribution in [3.63, 3.8) is 0 Å². The van der Waals surface area contributed by atoms with Crippen LogP contribution in [0.25, 0.3) is 0 Å². The Kier molecular flexibility index (Phi) is 7.40. The number of halogens is 2. The number of phenolic OH excluding ortho intramolecular Hbond substituents is 1. The molecule has 0 unspecified atom stereocenters. The highest BCUT2D eigenvalue weighted by Crippen LogP contribution is 2.34. The summed E-state index contributed by atoms with van der Waals surface area (Å²) in [4.78, 5) is 12.3. The third-order valence-electron chi connectivity index (χ3n) is 4.45. The zero-order valence-electron chi connectivity index (χ0n) is 16.9. The van der Waals surface area contributed by atoms with Crippen molar-refractivity contribution in [2.24, 2.45) is 5.10 Å². The molecule has 0 aromatic heterocycles. The molecule has 0 bridgehead atoms. The first-order valence-electron chi connectivity index (χ1n) is 9.29. The molecule has 3 rings (SSSR count). The quantitative estimate of drug-likeness (QED) is 0.377. The highest BCUT2D eigenvalue weighted by molar-refractivity contribution is 7.92. The minimum Gasteiger partial charge on any atom is -0.507 e. The number of benzene rings is 3. The Bertz CT molecular complexity index is 1260. The van der Waals surface area contributed by atoms with Gasteiger partial charge in [0.05, 0.1) is 34.7 Å². The Morgan fingerprint density at radius 3 is 2.41 bits per heavy atom. The van der Waals surface area contributed by atoms with Crippen molar-refractivity contribution in [1.29, 1.82) is 0 Å². The van der Waals surface area contributed by atoms with Gasteiger partial charge in [0.15, 0.2) is 0 Å². The summed E-state index contributed by atoms with van der Waals surface area (Å²) in [5.41, 5.74) is 4.08. The second-order valence-electron chi connectivity index (χ2n) is 6.80. The normalized spacial score (nSPS) is 11.5. The fourth-order valence-electron chi connectivity index (χ4n) is 2.82. The molecule has 2 N–H and O–H groups in total. The second kappa shape index (κ2) is 10.0. The third-order valence-corrected chi connectivity index (χ3v) is 6.38. The average molecular weight is 492 g/mol. The molecule has 3 aromatic rings. The molecule has 0 aliphatic carbocycles. The molecule has 3 aromatic carbocycles. The van der Waals surface area contributed by atoms with Crippen LogP contribution in [0.2, 0.25) is 10.0 Å². The van der Waals surface area contributed by atoms with Gasteiger partial charge in [-0.3, -0.25) is 9.10 Å². The van der Waals surface area contributed by atoms with Crippen molar-refractivity contribution in [2.75, 3.05) is 10.6 Å². The third kappa shape index (κ3) is 5.79. The number of hydrazone groups is 1. The molecule has 1 amide bonds. The van der Waals surface area contributed by atoms with E-state index in [4.69, 9.17) is 23.2 Å². The molecule has 0 aliphatic heterocycles. The number of hydrogen-bond acceptors (Lipinski definition) is 5. The van der Waals surface area contributed by atoms with Gasteiger partial charge in [0.25, 0.3) is 5.91 Å². The fourth-order valence-corrected chi connectivity index (χ4v) is 4.16. The Morgan fingerprint density at radius 2 is 1.75 bits per heavy atom. The number of carbonyl (C=O) groups excluding carboxylic acids is 1. The summed E-state index contributed by atoms with van der Waals surface area (Å²) in [6.07, 6.45) is 2.41. The van der Waals surface area contributed by atoms with E-state index >= 15 is 0 Å². The molecule has 7 nitrogen and oxygen atoms in total. The minimum absolute atomic E-state index is 0.00618. The number of hydrogen-bond donors (Lipinski definition) is 2. The van der Waals surface area contributed by atoms with Crippen LogP contribution in [0.4, 0.5) is 5.69 Å². The van der Waals surface area contributed by atoms with Gasteiger partial charge in [0.1, 0.15) is 5.75 Å². The Morgan fingerprint density at radius 1 is 1.06 bits per heavy atom. The van der Waals surface area contributed by atoms with E-state index < -0.39 is 15.9 Å². The van der Waals surface area contributed by atoms with Gasteiger partial charge >= 0.3 is 0 Å². The van der Waals surface area contributed by atoms with Gasteiger partial charge in [-0.15, -0.1) is 0 Å². The van der Waals surface area contributed by atoms with E-state index in [2.05, 4.69) is 10.5 Å². The highest BCUT2D eigenvalue weighted by Gasteiger charge is 2.21. The Labute approximate surface area is 196 Å². The summed E-state index contributed by atoms with van der Waals surface area (Å²) in [6.45, 7) is 0.00618. The van der Waals surface area contributed by atoms with Gasteiger partial charge < -0.3 is 5.11 Å². The van der Waals surface area contributed by atoms with E-state index in [0.717, 1.165) is 10.6 Å². The van der Waals surface area contributed by atoms with E-state index in [1.54, 1.807) is 60.7 Å². The first kappa shape index (κ1) is 23.6. The molecule has 0 atom stereocenters. The molecule has 0 fully saturated rings. The van der Waals surface area contributed by atoms with Gasteiger partial charge in [0, 0.05) is 11.1 Å². The van der Waals surface area contributed by atoms with E-state index in [0.29, 0.717) is 16.7 Å². The number of anilines is 1. The van der Waals surface area contributed by atoms with Crippen molar-refractivity contribution >= 4 is 51.0 Å². The molecule has 166 valence electrons. The van der Waals surface area contributed by atoms with Crippen LogP contribution in [0.3, 0.4) is 0 Å². The fraction of sp³-hybridized carbons (Fsp3) is 0.0909. The molecular weight excluding hydrogens is 473 g/mol. The predicted octanol–water partition coefficient (Wildman–Crippen LogP) is 4.43. The molecule has 10 heteroatoms. The van der Waals surface area contributed by atoms with Crippen molar-refractivity contribution in [3.8, 4) is 5.75 Å². The van der Waals surface area contributed by atoms with Crippen LogP contribution in [0.5, 0.6) is 5.75 Å². The van der Waals surface area contributed by atoms with Crippen molar-refractivity contribution in [2.45, 2.75) is 6.54 Å². The lowest BCUT2D eigenvalue weighted by Gasteiger charge is -2.24. The summed E-state index contributed by atoms with van der Waals surface area (Å²) in [5, 5.41) is 13.9. The maximum Gasteiger partial charge on any atom is 0.271 e. The van der Waals surface area contributed by atoms with Gasteiger partial charge in [-0.05, 0) is 42.0 Å². The summed E-state index contributed by atoms with van der Waals surface area (Å²) in [6, 6.07) is 17.7. The minimum atomic E-state index is -3.65. The first-order valence-corrected chi connectivity index (χ1v) is 11.9. The van der Waals surface area contributed by atoms with Crippen LogP contribution in [-0.4, -0.2) is 31.9 Å². The van der Waals surface area contributed by atoms with Crippen LogP contribution in [-0.2, 0) is 16.6 Å². The van der Waals surface area contributed by atoms with E-state index in [1.807, 2.05) is 0 Å². The van der Waals surface area contributed by atoms with Crippen LogP contribution < -0.4 is 9.73 Å². The first-order chi connectivity index (χ1) is 15.2. The monoisotopic (exact) mass is 491 g/mol. The molecular formula is C22H19Cl2N3O4S. The second-order valence-corrected chi connectivity index (χ2v) is 9.49. The topological polar surface area (TPSA) is 99.1 Å². The maximum absolute atomic E-state index is 12.4. The number of para-hydroxylation sites is 1. The number of nitrogens with zero attached hydrogens (tertiary/aromatic N) is 2. The summed E-state index contributed by atoms with van der Waals surface area (Å²) in [7, 11) is -3.65. The smallest absolute Gasteiger partial charge is 0.271 e. The molecule has 0 heterocycles. The lowest BCUT2D eigenvalue weighted by atomic mass is 10.1. The molecule has 32 heavy (non-hydrogen) atoms. The largest absolute Gasteiger partial charge is 0.507 e. The summed E-state index contributed by atoms with van der Waals surface area (Å²) in [5.74, 6) is -0.411. The average Bonchev–Trinajstić information content (AvgIpc) is 2.75. The lowest BCUT2D eigenvalue weighted by Crippen LogP contribution is -2.29. The number of nitrogens with one attached hydrogen (secondary N) is 1. The van der Waals surface area contributed by atoms with E-state index in [-0.39, 0.29) is 28.0 Å².